The molecule has 3 heterocycles. The Hall–Kier alpha value is -4.58. The van der Waals surface area contributed by atoms with Crippen LogP contribution in [0.15, 0.2) is 65.7 Å². The van der Waals surface area contributed by atoms with Gasteiger partial charge < -0.3 is 9.47 Å². The smallest absolute Gasteiger partial charge is 0.351 e. The van der Waals surface area contributed by atoms with Crippen LogP contribution in [0.3, 0.4) is 0 Å². The van der Waals surface area contributed by atoms with Crippen molar-refractivity contribution in [1.29, 1.82) is 5.26 Å². The molecule has 0 radical (unpaired) electrons. The van der Waals surface area contributed by atoms with Crippen LogP contribution in [0.5, 0.6) is 17.4 Å². The molecule has 0 saturated heterocycles. The van der Waals surface area contributed by atoms with E-state index >= 15 is 0 Å². The normalized spacial score (nSPS) is 11.8. The average Bonchev–Trinajstić information content (AvgIpc) is 2.88. The number of ether oxygens (including phenoxy) is 2. The molecule has 0 fully saturated rings. The van der Waals surface area contributed by atoms with Gasteiger partial charge in [0.15, 0.2) is 11.6 Å². The number of hydrogen-bond donors (Lipinski definition) is 0. The van der Waals surface area contributed by atoms with Crippen LogP contribution in [0.1, 0.15) is 22.5 Å². The van der Waals surface area contributed by atoms with Gasteiger partial charge in [0.25, 0.3) is 0 Å². The van der Waals surface area contributed by atoms with Crippen LogP contribution in [0.2, 0.25) is 0 Å². The zero-order valence-electron chi connectivity index (χ0n) is 17.9. The van der Waals surface area contributed by atoms with E-state index in [1.54, 1.807) is 28.8 Å². The quantitative estimate of drug-likeness (QED) is 0.433. The topological polar surface area (TPSA) is 103 Å². The van der Waals surface area contributed by atoms with E-state index in [1.807, 2.05) is 18.2 Å². The van der Waals surface area contributed by atoms with Gasteiger partial charge in [-0.3, -0.25) is 4.57 Å². The van der Waals surface area contributed by atoms with Crippen molar-refractivity contribution < 1.29 is 13.9 Å². The summed E-state index contributed by atoms with van der Waals surface area (Å²) in [6.45, 7) is -0.0790. The lowest BCUT2D eigenvalue weighted by Crippen LogP contribution is -2.28. The molecule has 0 unspecified atom stereocenters. The minimum Gasteiger partial charge on any atom is -0.473 e. The monoisotopic (exact) mass is 455 g/mol. The zero-order valence-corrected chi connectivity index (χ0v) is 17.9. The van der Waals surface area contributed by atoms with Gasteiger partial charge in [0.1, 0.15) is 25.1 Å². The molecule has 9 heteroatoms. The number of nitrogens with zero attached hydrogens (tertiary/aromatic N) is 5. The number of benzene rings is 2. The Labute approximate surface area is 193 Å². The molecule has 5 rings (SSSR count). The summed E-state index contributed by atoms with van der Waals surface area (Å²) in [5.41, 5.74) is 3.58. The number of alkyl halides is 1. The lowest BCUT2D eigenvalue weighted by Gasteiger charge is -2.21. The number of rotatable bonds is 6. The van der Waals surface area contributed by atoms with Crippen molar-refractivity contribution in [3.63, 3.8) is 0 Å². The van der Waals surface area contributed by atoms with Gasteiger partial charge >= 0.3 is 5.69 Å². The predicted octanol–water partition coefficient (Wildman–Crippen LogP) is 3.97. The molecular formula is C25H18FN5O3. The fourth-order valence-electron chi connectivity index (χ4n) is 3.81. The third-order valence-corrected chi connectivity index (χ3v) is 5.47. The highest BCUT2D eigenvalue weighted by Crippen LogP contribution is 2.30. The van der Waals surface area contributed by atoms with E-state index in [9.17, 15) is 14.4 Å². The van der Waals surface area contributed by atoms with Crippen LogP contribution in [-0.2, 0) is 26.2 Å². The van der Waals surface area contributed by atoms with Gasteiger partial charge in [0, 0.05) is 18.2 Å². The number of halogens is 1. The first kappa shape index (κ1) is 21.3. The van der Waals surface area contributed by atoms with Gasteiger partial charge in [0.05, 0.1) is 23.7 Å². The average molecular weight is 455 g/mol. The third-order valence-electron chi connectivity index (χ3n) is 5.47. The molecule has 0 spiro atoms. The first-order valence-electron chi connectivity index (χ1n) is 10.6. The zero-order chi connectivity index (χ0) is 23.5. The Balaban J connectivity index is 1.34. The molecule has 34 heavy (non-hydrogen) atoms. The maximum Gasteiger partial charge on any atom is 0.351 e. The predicted molar refractivity (Wildman–Crippen MR) is 120 cm³/mol. The Morgan fingerprint density at radius 2 is 1.94 bits per heavy atom. The molecule has 2 aromatic heterocycles. The highest BCUT2D eigenvalue weighted by Gasteiger charge is 2.18. The van der Waals surface area contributed by atoms with Crippen LogP contribution >= 0.6 is 0 Å². The Morgan fingerprint density at radius 3 is 2.74 bits per heavy atom. The molecule has 2 aromatic carbocycles. The van der Waals surface area contributed by atoms with Crippen molar-refractivity contribution in [1.82, 2.24) is 19.5 Å². The van der Waals surface area contributed by atoms with Crippen LogP contribution in [0.4, 0.5) is 4.39 Å². The lowest BCUT2D eigenvalue weighted by atomic mass is 9.98. The van der Waals surface area contributed by atoms with E-state index < -0.39 is 6.67 Å². The number of aromatic nitrogens is 4. The van der Waals surface area contributed by atoms with Gasteiger partial charge in [-0.2, -0.15) is 10.2 Å². The molecule has 0 aliphatic carbocycles. The number of fused-ring (bicyclic) bond motifs is 3. The van der Waals surface area contributed by atoms with Crippen molar-refractivity contribution in [2.45, 2.75) is 26.2 Å². The second kappa shape index (κ2) is 9.11. The van der Waals surface area contributed by atoms with E-state index in [2.05, 4.69) is 27.1 Å². The summed E-state index contributed by atoms with van der Waals surface area (Å²) in [6.07, 6.45) is 3.47. The molecule has 0 bridgehead atoms. The van der Waals surface area contributed by atoms with Gasteiger partial charge in [-0.15, -0.1) is 0 Å². The number of aryl methyl sites for hydroxylation is 1. The first-order valence-corrected chi connectivity index (χ1v) is 10.6. The summed E-state index contributed by atoms with van der Waals surface area (Å²) in [5, 5.41) is 9.54. The number of nitriles is 1. The van der Waals surface area contributed by atoms with Gasteiger partial charge in [-0.05, 0) is 29.7 Å². The molecule has 0 amide bonds. The van der Waals surface area contributed by atoms with Crippen LogP contribution in [0, 0.1) is 11.3 Å². The molecule has 4 aromatic rings. The van der Waals surface area contributed by atoms with Crippen molar-refractivity contribution in [3.05, 3.63) is 93.9 Å². The highest BCUT2D eigenvalue weighted by atomic mass is 19.1. The standard InChI is InChI=1S/C25H18FN5O3/c26-11-23-28-13-19(14-29-23)34-22-6-5-16(9-18(22)12-27)15-33-24-10-21-20-4-2-1-3-17(20)7-8-31(21)25(32)30-24/h1-6,9-10,13-14H,7-8,11,15H2. The van der Waals surface area contributed by atoms with Gasteiger partial charge in [0.2, 0.25) is 5.88 Å². The van der Waals surface area contributed by atoms with E-state index in [0.29, 0.717) is 17.9 Å². The van der Waals surface area contributed by atoms with Crippen molar-refractivity contribution in [3.8, 4) is 34.7 Å². The third kappa shape index (κ3) is 4.21. The van der Waals surface area contributed by atoms with Crippen LogP contribution in [-0.4, -0.2) is 19.5 Å². The van der Waals surface area contributed by atoms with Crippen LogP contribution in [0.25, 0.3) is 11.3 Å². The summed E-state index contributed by atoms with van der Waals surface area (Å²) < 4.78 is 25.7. The fraction of sp³-hybridized carbons (Fsp3) is 0.160. The van der Waals surface area contributed by atoms with Crippen molar-refractivity contribution in [2.75, 3.05) is 0 Å². The van der Waals surface area contributed by atoms with Gasteiger partial charge in [-0.1, -0.05) is 30.3 Å². The Morgan fingerprint density at radius 1 is 1.12 bits per heavy atom. The second-order valence-electron chi connectivity index (χ2n) is 7.62. The van der Waals surface area contributed by atoms with E-state index in [1.165, 1.54) is 18.0 Å². The summed E-state index contributed by atoms with van der Waals surface area (Å²) >= 11 is 0. The Bertz CT molecular complexity index is 1460. The molecule has 8 nitrogen and oxygen atoms in total. The van der Waals surface area contributed by atoms with Crippen molar-refractivity contribution in [2.24, 2.45) is 0 Å². The molecule has 1 aliphatic heterocycles. The fourth-order valence-corrected chi connectivity index (χ4v) is 3.81. The molecule has 1 aliphatic rings. The van der Waals surface area contributed by atoms with Crippen molar-refractivity contribution >= 4 is 0 Å². The van der Waals surface area contributed by atoms with E-state index in [0.717, 1.165) is 17.7 Å². The molecular weight excluding hydrogens is 437 g/mol. The van der Waals surface area contributed by atoms with Crippen LogP contribution < -0.4 is 15.2 Å². The minimum absolute atomic E-state index is 0.0549. The lowest BCUT2D eigenvalue weighted by molar-refractivity contribution is 0.291. The highest BCUT2D eigenvalue weighted by molar-refractivity contribution is 5.66. The molecule has 0 N–H and O–H groups in total. The van der Waals surface area contributed by atoms with Gasteiger partial charge in [-0.25, -0.2) is 19.2 Å². The maximum atomic E-state index is 12.6. The summed E-state index contributed by atoms with van der Waals surface area (Å²) in [5.74, 6) is 0.873. The summed E-state index contributed by atoms with van der Waals surface area (Å²) in [4.78, 5) is 24.3. The minimum atomic E-state index is -0.767. The maximum absolute atomic E-state index is 12.6. The first-order chi connectivity index (χ1) is 16.6. The van der Waals surface area contributed by atoms with E-state index in [4.69, 9.17) is 9.47 Å². The Kier molecular flexibility index (Phi) is 5.70. The molecule has 0 atom stereocenters. The van der Waals surface area contributed by atoms with E-state index in [-0.39, 0.29) is 35.3 Å². The molecule has 168 valence electrons. The molecule has 0 saturated carbocycles. The largest absolute Gasteiger partial charge is 0.473 e. The summed E-state index contributed by atoms with van der Waals surface area (Å²) in [7, 11) is 0. The second-order valence-corrected chi connectivity index (χ2v) is 7.62. The number of hydrogen-bond acceptors (Lipinski definition) is 7. The SMILES string of the molecule is N#Cc1cc(COc2cc3n(c(=O)n2)CCc2ccccc2-3)ccc1Oc1cnc(CF)nc1. The summed E-state index contributed by atoms with van der Waals surface area (Å²) in [6, 6.07) is 16.8.